The van der Waals surface area contributed by atoms with E-state index in [0.717, 1.165) is 58.4 Å². The van der Waals surface area contributed by atoms with E-state index in [2.05, 4.69) is 42.5 Å². The summed E-state index contributed by atoms with van der Waals surface area (Å²) in [4.78, 5) is 0. The van der Waals surface area contributed by atoms with Gasteiger partial charge in [0.15, 0.2) is 0 Å². The first-order valence-corrected chi connectivity index (χ1v) is 21.0. The minimum atomic E-state index is 0.421. The van der Waals surface area contributed by atoms with E-state index in [1.165, 1.54) is 110 Å². The minimum absolute atomic E-state index is 0.421. The Morgan fingerprint density at radius 2 is 0.595 bits per heavy atom. The zero-order chi connectivity index (χ0) is 27.9. The maximum Gasteiger partial charge on any atom is 0.0628 e. The highest BCUT2D eigenvalue weighted by Crippen LogP contribution is 2.50. The molecule has 0 amide bonds. The molecule has 0 spiro atoms. The van der Waals surface area contributed by atoms with E-state index >= 15 is 0 Å². The summed E-state index contributed by atoms with van der Waals surface area (Å²) in [5.41, 5.74) is 1.96. The normalized spacial score (nSPS) is 59.1. The smallest absolute Gasteiger partial charge is 0.0628 e. The first-order valence-electron chi connectivity index (χ1n) is 18.7. The van der Waals surface area contributed by atoms with Gasteiger partial charge in [0, 0.05) is 20.5 Å². The third kappa shape index (κ3) is 4.71. The predicted octanol–water partition coefficient (Wildman–Crippen LogP) is 0.133. The Morgan fingerprint density at radius 1 is 0.310 bits per heavy atom. The molecule has 5 aliphatic heterocycles. The van der Waals surface area contributed by atoms with Crippen molar-refractivity contribution < 1.29 is 0 Å². The van der Waals surface area contributed by atoms with Crippen molar-refractivity contribution >= 4 is 20.5 Å². The van der Waals surface area contributed by atoms with Crippen LogP contribution in [0, 0.1) is 47.3 Å². The predicted molar refractivity (Wildman–Crippen MR) is 175 cm³/mol. The van der Waals surface area contributed by atoms with Gasteiger partial charge in [0.2, 0.25) is 0 Å². The first kappa shape index (κ1) is 28.3. The maximum atomic E-state index is 4.35. The summed E-state index contributed by atoms with van der Waals surface area (Å²) in [6.07, 6.45) is 23.0. The van der Waals surface area contributed by atoms with E-state index in [-0.39, 0.29) is 0 Å². The third-order valence-electron chi connectivity index (χ3n) is 14.8. The van der Waals surface area contributed by atoms with Crippen LogP contribution in [0.25, 0.3) is 0 Å². The second-order valence-electron chi connectivity index (χ2n) is 16.6. The van der Waals surface area contributed by atoms with Crippen molar-refractivity contribution in [3.8, 4) is 0 Å². The number of nitrogens with one attached hydrogen (secondary N) is 8. The third-order valence-corrected chi connectivity index (χ3v) is 19.7. The number of fused-ring (bicyclic) bond motifs is 20. The summed E-state index contributed by atoms with van der Waals surface area (Å²) in [6, 6.07) is 0. The molecule has 5 saturated heterocycles. The van der Waals surface area contributed by atoms with Crippen LogP contribution in [0.1, 0.15) is 89.9 Å². The molecule has 8 N–H and O–H groups in total. The van der Waals surface area contributed by atoms with Gasteiger partial charge in [-0.3, -0.25) is 42.5 Å². The number of hydrogen-bond acceptors (Lipinski definition) is 8. The second-order valence-corrected chi connectivity index (χ2v) is 19.5. The van der Waals surface area contributed by atoms with Crippen molar-refractivity contribution in [1.29, 1.82) is 0 Å². The maximum absolute atomic E-state index is 4.35. The van der Waals surface area contributed by atoms with Crippen molar-refractivity contribution in [1.82, 2.24) is 42.5 Å². The van der Waals surface area contributed by atoms with Gasteiger partial charge in [-0.2, -0.15) is 0 Å². The number of rotatable bonds is 0. The lowest BCUT2D eigenvalue weighted by molar-refractivity contribution is 0.168. The van der Waals surface area contributed by atoms with E-state index in [1.807, 2.05) is 0 Å². The topological polar surface area (TPSA) is 96.2 Å². The zero-order valence-corrected chi connectivity index (χ0v) is 30.3. The van der Waals surface area contributed by atoms with E-state index < -0.39 is 0 Å². The summed E-state index contributed by atoms with van der Waals surface area (Å²) in [5.74, 6) is 6.04. The van der Waals surface area contributed by atoms with Gasteiger partial charge >= 0.3 is 0 Å². The Morgan fingerprint density at radius 3 is 0.929 bits per heavy atom. The van der Waals surface area contributed by atoms with Crippen molar-refractivity contribution in [3.63, 3.8) is 0 Å². The van der Waals surface area contributed by atoms with Crippen LogP contribution in [0.4, 0.5) is 0 Å². The van der Waals surface area contributed by atoms with E-state index in [9.17, 15) is 0 Å². The van der Waals surface area contributed by atoms with Crippen molar-refractivity contribution in [2.45, 2.75) is 150 Å². The van der Waals surface area contributed by atoms with E-state index in [4.69, 9.17) is 0 Å². The molecular weight excluding hydrogens is 553 g/mol. The SMILES string of the molecule is [SiH3]C1CCC2C3NC4NC(NC5NC(NC6NC(NC(N3)C2C1[SiH3])C1CCCCC61)C1CCCCC51)C1CCCCC41. The van der Waals surface area contributed by atoms with Gasteiger partial charge in [0.05, 0.1) is 49.3 Å². The molecule has 42 heavy (non-hydrogen) atoms. The monoisotopic (exact) mass is 612 g/mol. The van der Waals surface area contributed by atoms with Gasteiger partial charge in [-0.25, -0.2) is 0 Å². The van der Waals surface area contributed by atoms with Crippen molar-refractivity contribution in [2.75, 3.05) is 0 Å². The van der Waals surface area contributed by atoms with Gasteiger partial charge in [-0.05, 0) is 97.8 Å². The quantitative estimate of drug-likeness (QED) is 0.183. The van der Waals surface area contributed by atoms with Crippen molar-refractivity contribution in [3.05, 3.63) is 0 Å². The summed E-state index contributed by atoms with van der Waals surface area (Å²) in [5, 5.41) is 34.2. The molecule has 18 atom stereocenters. The molecule has 5 heterocycles. The Bertz CT molecular complexity index is 988. The van der Waals surface area contributed by atoms with E-state index in [1.54, 1.807) is 0 Å². The molecule has 236 valence electrons. The molecule has 9 fully saturated rings. The first-order chi connectivity index (χ1) is 20.6. The molecule has 4 aliphatic carbocycles. The van der Waals surface area contributed by atoms with Crippen LogP contribution in [-0.4, -0.2) is 69.8 Å². The summed E-state index contributed by atoms with van der Waals surface area (Å²) < 4.78 is 0. The highest BCUT2D eigenvalue weighted by atomic mass is 28.2. The Balaban J connectivity index is 1.06. The molecule has 0 aromatic heterocycles. The Kier molecular flexibility index (Phi) is 7.71. The second kappa shape index (κ2) is 11.4. The fourth-order valence-corrected chi connectivity index (χ4v) is 14.5. The lowest BCUT2D eigenvalue weighted by Crippen LogP contribution is -2.61. The van der Waals surface area contributed by atoms with Crippen LogP contribution in [-0.2, 0) is 0 Å². The Hall–Kier alpha value is 0.114. The van der Waals surface area contributed by atoms with Gasteiger partial charge in [-0.1, -0.05) is 50.5 Å². The average Bonchev–Trinajstić information content (AvgIpc) is 3.74. The minimum Gasteiger partial charge on any atom is -0.286 e. The zero-order valence-electron chi connectivity index (χ0n) is 26.3. The molecule has 8 bridgehead atoms. The average molecular weight is 613 g/mol. The van der Waals surface area contributed by atoms with Crippen molar-refractivity contribution in [2.24, 2.45) is 47.3 Å². The number of hydrogen-bond donors (Lipinski definition) is 8. The van der Waals surface area contributed by atoms with Gasteiger partial charge in [-0.15, -0.1) is 0 Å². The molecule has 0 aromatic carbocycles. The summed E-state index contributed by atoms with van der Waals surface area (Å²) >= 11 is 0. The fourth-order valence-electron chi connectivity index (χ4n) is 12.6. The van der Waals surface area contributed by atoms with Crippen LogP contribution in [0.2, 0.25) is 11.1 Å². The molecule has 18 unspecified atom stereocenters. The van der Waals surface area contributed by atoms with E-state index in [0.29, 0.717) is 49.3 Å². The summed E-state index contributed by atoms with van der Waals surface area (Å²) in [6.45, 7) is 0. The van der Waals surface area contributed by atoms with Crippen LogP contribution < -0.4 is 42.5 Å². The van der Waals surface area contributed by atoms with Gasteiger partial charge in [0.1, 0.15) is 0 Å². The molecule has 9 rings (SSSR count). The molecule has 0 aromatic rings. The molecule has 4 saturated carbocycles. The highest BCUT2D eigenvalue weighted by Gasteiger charge is 2.55. The van der Waals surface area contributed by atoms with Gasteiger partial charge in [0.25, 0.3) is 0 Å². The molecule has 0 radical (unpaired) electrons. The van der Waals surface area contributed by atoms with Crippen LogP contribution >= 0.6 is 0 Å². The summed E-state index contributed by atoms with van der Waals surface area (Å²) in [7, 11) is 2.71. The Labute approximate surface area is 260 Å². The van der Waals surface area contributed by atoms with Crippen LogP contribution in [0.15, 0.2) is 0 Å². The van der Waals surface area contributed by atoms with Crippen LogP contribution in [0.5, 0.6) is 0 Å². The fraction of sp³-hybridized carbons (Fsp3) is 1.00. The molecule has 9 aliphatic rings. The highest BCUT2D eigenvalue weighted by molar-refractivity contribution is 6.21. The van der Waals surface area contributed by atoms with Gasteiger partial charge < -0.3 is 0 Å². The molecular formula is C32H60N8Si2. The largest absolute Gasteiger partial charge is 0.286 e. The standard InChI is InChI=1S/C32H60N8Si2/c41-22-14-13-21-23(24(22)42)32-39-30-20-12-6-5-11-19(20)28(37-30)35-26-16-8-2-1-7-15(16)25(33-26)34-27-17-9-3-4-10-18(17)29(36-27)38-31(21)40-32/h15-40H,1-14H2,41-42H3. The lowest BCUT2D eigenvalue weighted by Gasteiger charge is -2.41. The molecule has 8 nitrogen and oxygen atoms in total. The lowest BCUT2D eigenvalue weighted by atomic mass is 9.76. The van der Waals surface area contributed by atoms with Crippen LogP contribution in [0.3, 0.4) is 0 Å². The molecule has 10 heteroatoms.